The van der Waals surface area contributed by atoms with E-state index in [0.717, 1.165) is 0 Å². The van der Waals surface area contributed by atoms with Gasteiger partial charge in [-0.05, 0) is 19.1 Å². The predicted octanol–water partition coefficient (Wildman–Crippen LogP) is 2.37. The normalized spacial score (nSPS) is 15.1. The first-order chi connectivity index (χ1) is 9.00. The van der Waals surface area contributed by atoms with Gasteiger partial charge in [-0.2, -0.15) is 0 Å². The van der Waals surface area contributed by atoms with Crippen LogP contribution >= 0.6 is 0 Å². The molecule has 1 aliphatic heterocycles. The molecule has 5 nitrogen and oxygen atoms in total. The zero-order valence-corrected chi connectivity index (χ0v) is 10.2. The second kappa shape index (κ2) is 5.29. The number of carbonyl (C=O) groups is 1. The molecule has 0 fully saturated rings. The van der Waals surface area contributed by atoms with Crippen molar-refractivity contribution in [3.05, 3.63) is 18.2 Å². The zero-order valence-electron chi connectivity index (χ0n) is 10.2. The molecular formula is C12H13F2NO4. The van der Waals surface area contributed by atoms with Crippen LogP contribution in [0.3, 0.4) is 0 Å². The van der Waals surface area contributed by atoms with E-state index in [9.17, 15) is 13.6 Å². The largest absolute Gasteiger partial charge is 0.586 e. The number of fused-ring (bicyclic) bond motifs is 1. The second-order valence-corrected chi connectivity index (χ2v) is 3.81. The number of anilines is 1. The van der Waals surface area contributed by atoms with E-state index in [4.69, 9.17) is 4.74 Å². The number of nitrogens with one attached hydrogen (secondary N) is 1. The minimum atomic E-state index is -3.62. The highest BCUT2D eigenvalue weighted by Gasteiger charge is 2.43. The summed E-state index contributed by atoms with van der Waals surface area (Å²) in [6.07, 6.45) is -3.43. The molecule has 0 spiro atoms. The van der Waals surface area contributed by atoms with Crippen molar-refractivity contribution in [3.8, 4) is 11.5 Å². The summed E-state index contributed by atoms with van der Waals surface area (Å²) in [4.78, 5) is 11.1. The molecule has 0 bridgehead atoms. The summed E-state index contributed by atoms with van der Waals surface area (Å²) >= 11 is 0. The van der Waals surface area contributed by atoms with E-state index in [2.05, 4.69) is 14.8 Å². The molecular weight excluding hydrogens is 260 g/mol. The maximum atomic E-state index is 12.8. The number of hydrogen-bond acceptors (Lipinski definition) is 5. The first kappa shape index (κ1) is 13.4. The molecule has 1 aliphatic rings. The van der Waals surface area contributed by atoms with Gasteiger partial charge >= 0.3 is 12.3 Å². The molecule has 2 rings (SSSR count). The van der Waals surface area contributed by atoms with Gasteiger partial charge in [0, 0.05) is 18.3 Å². The lowest BCUT2D eigenvalue weighted by atomic mass is 10.2. The first-order valence-electron chi connectivity index (χ1n) is 5.79. The number of ether oxygens (including phenoxy) is 3. The molecule has 0 unspecified atom stereocenters. The van der Waals surface area contributed by atoms with E-state index in [-0.39, 0.29) is 23.9 Å². The van der Waals surface area contributed by atoms with E-state index in [1.54, 1.807) is 13.0 Å². The van der Waals surface area contributed by atoms with Crippen molar-refractivity contribution in [3.63, 3.8) is 0 Å². The van der Waals surface area contributed by atoms with Crippen molar-refractivity contribution in [1.29, 1.82) is 0 Å². The van der Waals surface area contributed by atoms with Gasteiger partial charge in [0.2, 0.25) is 0 Å². The third-order valence-corrected chi connectivity index (χ3v) is 2.36. The highest BCUT2D eigenvalue weighted by Crippen LogP contribution is 2.42. The average molecular weight is 273 g/mol. The van der Waals surface area contributed by atoms with Crippen molar-refractivity contribution in [1.82, 2.24) is 0 Å². The Morgan fingerprint density at radius 3 is 2.84 bits per heavy atom. The standard InChI is InChI=1S/C12H13F2NO4/c1-2-17-11(16)5-6-15-8-3-4-9-10(7-8)19-12(13,14)18-9/h3-4,7,15H,2,5-6H2,1H3. The SMILES string of the molecule is CCOC(=O)CCNc1ccc2c(c1)OC(F)(F)O2. The van der Waals surface area contributed by atoms with E-state index in [0.29, 0.717) is 18.8 Å². The Labute approximate surface area is 108 Å². The van der Waals surface area contributed by atoms with Crippen LogP contribution in [0.1, 0.15) is 13.3 Å². The number of benzene rings is 1. The number of hydrogen-bond donors (Lipinski definition) is 1. The molecule has 0 atom stereocenters. The fourth-order valence-electron chi connectivity index (χ4n) is 1.60. The van der Waals surface area contributed by atoms with Gasteiger partial charge in [0.15, 0.2) is 11.5 Å². The topological polar surface area (TPSA) is 56.8 Å². The number of alkyl halides is 2. The van der Waals surface area contributed by atoms with E-state index >= 15 is 0 Å². The molecule has 0 aliphatic carbocycles. The van der Waals surface area contributed by atoms with Gasteiger partial charge < -0.3 is 19.5 Å². The van der Waals surface area contributed by atoms with Crippen LogP contribution in [0, 0.1) is 0 Å². The quantitative estimate of drug-likeness (QED) is 0.835. The van der Waals surface area contributed by atoms with Crippen molar-refractivity contribution < 1.29 is 27.8 Å². The summed E-state index contributed by atoms with van der Waals surface area (Å²) in [5.41, 5.74) is 0.560. The van der Waals surface area contributed by atoms with E-state index in [1.165, 1.54) is 12.1 Å². The van der Waals surface area contributed by atoms with Crippen LogP contribution in [0.15, 0.2) is 18.2 Å². The Bertz CT molecular complexity index is 479. The third-order valence-electron chi connectivity index (χ3n) is 2.36. The summed E-state index contributed by atoms with van der Waals surface area (Å²) in [5, 5.41) is 2.91. The summed E-state index contributed by atoms with van der Waals surface area (Å²) < 4.78 is 38.9. The first-order valence-corrected chi connectivity index (χ1v) is 5.79. The number of rotatable bonds is 5. The van der Waals surface area contributed by atoms with Crippen LogP contribution in [0.25, 0.3) is 0 Å². The predicted molar refractivity (Wildman–Crippen MR) is 62.4 cm³/mol. The maximum absolute atomic E-state index is 12.8. The molecule has 104 valence electrons. The van der Waals surface area contributed by atoms with Gasteiger partial charge in [0.1, 0.15) is 0 Å². The van der Waals surface area contributed by atoms with Gasteiger partial charge in [-0.1, -0.05) is 0 Å². The van der Waals surface area contributed by atoms with Crippen molar-refractivity contribution in [2.45, 2.75) is 19.6 Å². The van der Waals surface area contributed by atoms with Gasteiger partial charge in [-0.15, -0.1) is 8.78 Å². The number of esters is 1. The monoisotopic (exact) mass is 273 g/mol. The van der Waals surface area contributed by atoms with Crippen molar-refractivity contribution >= 4 is 11.7 Å². The van der Waals surface area contributed by atoms with Gasteiger partial charge in [0.05, 0.1) is 13.0 Å². The molecule has 7 heteroatoms. The lowest BCUT2D eigenvalue weighted by molar-refractivity contribution is -0.286. The summed E-state index contributed by atoms with van der Waals surface area (Å²) in [6, 6.07) is 4.33. The Kier molecular flexibility index (Phi) is 3.73. The van der Waals surface area contributed by atoms with Crippen LogP contribution in [0.2, 0.25) is 0 Å². The number of carbonyl (C=O) groups excluding carboxylic acids is 1. The average Bonchev–Trinajstić information content (AvgIpc) is 2.62. The lowest BCUT2D eigenvalue weighted by Crippen LogP contribution is -2.25. The molecule has 1 aromatic carbocycles. The Morgan fingerprint density at radius 2 is 2.11 bits per heavy atom. The van der Waals surface area contributed by atoms with E-state index in [1.807, 2.05) is 0 Å². The summed E-state index contributed by atoms with van der Waals surface area (Å²) in [5.74, 6) is -0.366. The molecule has 19 heavy (non-hydrogen) atoms. The maximum Gasteiger partial charge on any atom is 0.586 e. The van der Waals surface area contributed by atoms with Crippen LogP contribution in [0.5, 0.6) is 11.5 Å². The third kappa shape index (κ3) is 3.46. The van der Waals surface area contributed by atoms with Gasteiger partial charge in [-0.3, -0.25) is 4.79 Å². The molecule has 0 saturated carbocycles. The highest BCUT2D eigenvalue weighted by molar-refractivity contribution is 5.70. The van der Waals surface area contributed by atoms with Crippen molar-refractivity contribution in [2.24, 2.45) is 0 Å². The number of halogens is 2. The van der Waals surface area contributed by atoms with Gasteiger partial charge in [-0.25, -0.2) is 0 Å². The zero-order chi connectivity index (χ0) is 13.9. The summed E-state index contributed by atoms with van der Waals surface area (Å²) in [7, 11) is 0. The van der Waals surface area contributed by atoms with Crippen LogP contribution in [-0.4, -0.2) is 25.4 Å². The minimum absolute atomic E-state index is 0.0130. The fourth-order valence-corrected chi connectivity index (χ4v) is 1.60. The molecule has 1 N–H and O–H groups in total. The van der Waals surface area contributed by atoms with Crippen LogP contribution in [-0.2, 0) is 9.53 Å². The Morgan fingerprint density at radius 1 is 1.37 bits per heavy atom. The molecule has 0 radical (unpaired) electrons. The molecule has 0 amide bonds. The fraction of sp³-hybridized carbons (Fsp3) is 0.417. The Balaban J connectivity index is 1.88. The highest BCUT2D eigenvalue weighted by atomic mass is 19.3. The minimum Gasteiger partial charge on any atom is -0.466 e. The van der Waals surface area contributed by atoms with E-state index < -0.39 is 6.29 Å². The van der Waals surface area contributed by atoms with Crippen LogP contribution in [0.4, 0.5) is 14.5 Å². The van der Waals surface area contributed by atoms with Crippen molar-refractivity contribution in [2.75, 3.05) is 18.5 Å². The van der Waals surface area contributed by atoms with Gasteiger partial charge in [0.25, 0.3) is 0 Å². The molecule has 0 saturated heterocycles. The molecule has 1 heterocycles. The molecule has 1 aromatic rings. The summed E-state index contributed by atoms with van der Waals surface area (Å²) in [6.45, 7) is 2.40. The molecule has 0 aromatic heterocycles. The Hall–Kier alpha value is -2.05. The second-order valence-electron chi connectivity index (χ2n) is 3.81. The van der Waals surface area contributed by atoms with Crippen LogP contribution < -0.4 is 14.8 Å². The lowest BCUT2D eigenvalue weighted by Gasteiger charge is -2.06. The smallest absolute Gasteiger partial charge is 0.466 e.